The van der Waals surface area contributed by atoms with Crippen molar-refractivity contribution < 1.29 is 37.7 Å². The molecule has 0 saturated heterocycles. The van der Waals surface area contributed by atoms with Crippen molar-refractivity contribution in [2.45, 2.75) is 18.4 Å². The second-order valence-corrected chi connectivity index (χ2v) is 5.77. The SMILES string of the molecule is COc1cc2sc(C(F)(F)[C@@H](O)CC(=O)O)cc2c(F)c1OC. The Morgan fingerprint density at radius 1 is 1.35 bits per heavy atom. The molecule has 0 spiro atoms. The van der Waals surface area contributed by atoms with Crippen molar-refractivity contribution in [1.82, 2.24) is 0 Å². The molecule has 1 heterocycles. The number of halogens is 3. The summed E-state index contributed by atoms with van der Waals surface area (Å²) in [5, 5.41) is 17.8. The van der Waals surface area contributed by atoms with Crippen molar-refractivity contribution in [2.24, 2.45) is 0 Å². The predicted molar refractivity (Wildman–Crippen MR) is 77.0 cm³/mol. The lowest BCUT2D eigenvalue weighted by Gasteiger charge is -2.19. The van der Waals surface area contributed by atoms with Gasteiger partial charge in [0.15, 0.2) is 17.3 Å². The fourth-order valence-corrected chi connectivity index (χ4v) is 3.17. The van der Waals surface area contributed by atoms with Crippen molar-refractivity contribution in [3.8, 4) is 11.5 Å². The Hall–Kier alpha value is -2.00. The van der Waals surface area contributed by atoms with Crippen LogP contribution >= 0.6 is 11.3 Å². The van der Waals surface area contributed by atoms with Gasteiger partial charge < -0.3 is 19.7 Å². The van der Waals surface area contributed by atoms with E-state index in [1.54, 1.807) is 0 Å². The molecule has 0 aliphatic carbocycles. The maximum atomic E-state index is 14.3. The minimum absolute atomic E-state index is 0.0419. The van der Waals surface area contributed by atoms with E-state index in [0.29, 0.717) is 11.3 Å². The average molecular weight is 350 g/mol. The first-order chi connectivity index (χ1) is 10.7. The molecule has 1 atom stereocenters. The molecule has 9 heteroatoms. The van der Waals surface area contributed by atoms with Crippen LogP contribution in [0.25, 0.3) is 10.1 Å². The number of carboxylic acid groups (broad SMARTS) is 1. The summed E-state index contributed by atoms with van der Waals surface area (Å²) in [6.07, 6.45) is -3.55. The molecule has 5 nitrogen and oxygen atoms in total. The van der Waals surface area contributed by atoms with Gasteiger partial charge in [0, 0.05) is 16.2 Å². The highest BCUT2D eigenvalue weighted by atomic mass is 32.1. The van der Waals surface area contributed by atoms with Crippen LogP contribution in [0.2, 0.25) is 0 Å². The zero-order chi connectivity index (χ0) is 17.4. The third-order valence-electron chi connectivity index (χ3n) is 3.22. The lowest BCUT2D eigenvalue weighted by atomic mass is 10.1. The van der Waals surface area contributed by atoms with E-state index in [-0.39, 0.29) is 21.6 Å². The van der Waals surface area contributed by atoms with Crippen LogP contribution in [0.5, 0.6) is 11.5 Å². The molecule has 126 valence electrons. The molecule has 0 amide bonds. The number of hydrogen-bond donors (Lipinski definition) is 2. The van der Waals surface area contributed by atoms with Crippen molar-refractivity contribution in [2.75, 3.05) is 14.2 Å². The maximum Gasteiger partial charge on any atom is 0.308 e. The number of fused-ring (bicyclic) bond motifs is 1. The minimum Gasteiger partial charge on any atom is -0.493 e. The zero-order valence-electron chi connectivity index (χ0n) is 12.1. The lowest BCUT2D eigenvalue weighted by Crippen LogP contribution is -2.32. The van der Waals surface area contributed by atoms with Crippen LogP contribution in [0, 0.1) is 5.82 Å². The molecule has 1 aromatic heterocycles. The quantitative estimate of drug-likeness (QED) is 0.838. The molecule has 0 aliphatic rings. The number of aliphatic hydroxyl groups is 1. The van der Waals surface area contributed by atoms with Crippen LogP contribution in [0.15, 0.2) is 12.1 Å². The summed E-state index contributed by atoms with van der Waals surface area (Å²) >= 11 is 0.544. The number of carbonyl (C=O) groups is 1. The van der Waals surface area contributed by atoms with E-state index in [4.69, 9.17) is 14.6 Å². The van der Waals surface area contributed by atoms with E-state index in [0.717, 1.165) is 6.07 Å². The first-order valence-electron chi connectivity index (χ1n) is 6.34. The summed E-state index contributed by atoms with van der Waals surface area (Å²) in [6.45, 7) is 0. The lowest BCUT2D eigenvalue weighted by molar-refractivity contribution is -0.152. The number of benzene rings is 1. The molecule has 0 radical (unpaired) electrons. The predicted octanol–water partition coefficient (Wildman–Crippen LogP) is 2.99. The molecular weight excluding hydrogens is 337 g/mol. The second kappa shape index (κ2) is 6.25. The van der Waals surface area contributed by atoms with E-state index in [9.17, 15) is 23.1 Å². The molecular formula is C14H13F3O5S. The third-order valence-corrected chi connectivity index (χ3v) is 4.39. The van der Waals surface area contributed by atoms with Gasteiger partial charge in [-0.3, -0.25) is 4.79 Å². The van der Waals surface area contributed by atoms with Crippen molar-refractivity contribution in [1.29, 1.82) is 0 Å². The van der Waals surface area contributed by atoms with E-state index >= 15 is 0 Å². The number of thiophene rings is 1. The number of alkyl halides is 2. The smallest absolute Gasteiger partial charge is 0.308 e. The fourth-order valence-electron chi connectivity index (χ4n) is 2.06. The molecule has 2 rings (SSSR count). The van der Waals surface area contributed by atoms with Gasteiger partial charge in [-0.25, -0.2) is 4.39 Å². The number of aliphatic carboxylic acids is 1. The van der Waals surface area contributed by atoms with Gasteiger partial charge in [-0.05, 0) is 6.07 Å². The van der Waals surface area contributed by atoms with Gasteiger partial charge in [0.05, 0.1) is 25.5 Å². The Labute approximate surface area is 132 Å². The number of methoxy groups -OCH3 is 2. The summed E-state index contributed by atoms with van der Waals surface area (Å²) in [5.41, 5.74) is 0. The largest absolute Gasteiger partial charge is 0.493 e. The van der Waals surface area contributed by atoms with Crippen molar-refractivity contribution in [3.05, 3.63) is 22.8 Å². The number of carboxylic acids is 1. The summed E-state index contributed by atoms with van der Waals surface area (Å²) in [5.74, 6) is -6.44. The Kier molecular flexibility index (Phi) is 4.71. The van der Waals surface area contributed by atoms with Crippen LogP contribution in [0.3, 0.4) is 0 Å². The van der Waals surface area contributed by atoms with Crippen molar-refractivity contribution >= 4 is 27.4 Å². The van der Waals surface area contributed by atoms with Crippen LogP contribution in [-0.2, 0) is 10.7 Å². The Morgan fingerprint density at radius 3 is 2.52 bits per heavy atom. The topological polar surface area (TPSA) is 76.0 Å². The van der Waals surface area contributed by atoms with E-state index in [2.05, 4.69) is 0 Å². The third kappa shape index (κ3) is 3.06. The van der Waals surface area contributed by atoms with E-state index < -0.39 is 35.1 Å². The molecule has 0 unspecified atom stereocenters. The summed E-state index contributed by atoms with van der Waals surface area (Å²) in [4.78, 5) is 9.85. The molecule has 1 aromatic carbocycles. The van der Waals surface area contributed by atoms with Gasteiger partial charge in [-0.1, -0.05) is 0 Å². The number of ether oxygens (including phenoxy) is 2. The normalized spacial score (nSPS) is 13.1. The van der Waals surface area contributed by atoms with Gasteiger partial charge in [0.1, 0.15) is 6.10 Å². The molecule has 2 aromatic rings. The number of rotatable bonds is 6. The Balaban J connectivity index is 2.55. The molecule has 0 aliphatic heterocycles. The second-order valence-electron chi connectivity index (χ2n) is 4.69. The first kappa shape index (κ1) is 17.4. The van der Waals surface area contributed by atoms with E-state index in [1.807, 2.05) is 0 Å². The highest BCUT2D eigenvalue weighted by molar-refractivity contribution is 7.19. The highest BCUT2D eigenvalue weighted by Crippen LogP contribution is 2.45. The molecule has 23 heavy (non-hydrogen) atoms. The standard InChI is InChI=1S/C14H13F3O5S/c1-21-7-4-8-6(12(15)13(7)22-2)3-10(23-8)14(16,17)9(18)5-11(19)20/h3-4,9,18H,5H2,1-2H3,(H,19,20)/t9-/m0/s1. The van der Waals surface area contributed by atoms with Gasteiger partial charge in [-0.2, -0.15) is 8.78 Å². The van der Waals surface area contributed by atoms with Crippen molar-refractivity contribution in [3.63, 3.8) is 0 Å². The first-order valence-corrected chi connectivity index (χ1v) is 7.16. The Bertz CT molecular complexity index is 744. The number of aliphatic hydroxyl groups excluding tert-OH is 1. The van der Waals surface area contributed by atoms with Gasteiger partial charge in [-0.15, -0.1) is 11.3 Å². The number of hydrogen-bond acceptors (Lipinski definition) is 5. The van der Waals surface area contributed by atoms with Crippen LogP contribution in [0.1, 0.15) is 11.3 Å². The average Bonchev–Trinajstić information content (AvgIpc) is 2.91. The zero-order valence-corrected chi connectivity index (χ0v) is 12.9. The van der Waals surface area contributed by atoms with Gasteiger partial charge >= 0.3 is 11.9 Å². The summed E-state index contributed by atoms with van der Waals surface area (Å²) < 4.78 is 52.6. The molecule has 2 N–H and O–H groups in total. The van der Waals surface area contributed by atoms with Crippen LogP contribution in [-0.4, -0.2) is 36.5 Å². The molecule has 0 bridgehead atoms. The van der Waals surface area contributed by atoms with Crippen LogP contribution < -0.4 is 9.47 Å². The fraction of sp³-hybridized carbons (Fsp3) is 0.357. The highest BCUT2D eigenvalue weighted by Gasteiger charge is 2.43. The maximum absolute atomic E-state index is 14.3. The van der Waals surface area contributed by atoms with E-state index in [1.165, 1.54) is 20.3 Å². The van der Waals surface area contributed by atoms with Gasteiger partial charge in [0.2, 0.25) is 0 Å². The minimum atomic E-state index is -3.82. The molecule has 0 saturated carbocycles. The summed E-state index contributed by atoms with van der Waals surface area (Å²) in [6, 6.07) is 2.22. The monoisotopic (exact) mass is 350 g/mol. The molecule has 0 fully saturated rings. The summed E-state index contributed by atoms with van der Waals surface area (Å²) in [7, 11) is 2.49. The van der Waals surface area contributed by atoms with Gasteiger partial charge in [0.25, 0.3) is 0 Å². The Morgan fingerprint density at radius 2 is 2.00 bits per heavy atom. The van der Waals surface area contributed by atoms with Crippen LogP contribution in [0.4, 0.5) is 13.2 Å².